The molecule has 0 spiro atoms. The van der Waals surface area contributed by atoms with Gasteiger partial charge in [0, 0.05) is 23.0 Å². The number of anilines is 1. The fraction of sp³-hybridized carbons (Fsp3) is 0. The number of hydrogen-bond acceptors (Lipinski definition) is 4. The normalized spacial score (nSPS) is 10.9. The zero-order chi connectivity index (χ0) is 19.2. The second-order valence-electron chi connectivity index (χ2n) is 6.01. The van der Waals surface area contributed by atoms with Gasteiger partial charge in [-0.1, -0.05) is 36.4 Å². The van der Waals surface area contributed by atoms with Gasteiger partial charge in [0.15, 0.2) is 0 Å². The van der Waals surface area contributed by atoms with Gasteiger partial charge in [-0.3, -0.25) is 14.8 Å². The minimum atomic E-state index is -0.181. The maximum absolute atomic E-state index is 12.6. The van der Waals surface area contributed by atoms with Crippen molar-refractivity contribution in [2.24, 2.45) is 4.99 Å². The maximum Gasteiger partial charge on any atom is 0.257 e. The van der Waals surface area contributed by atoms with E-state index >= 15 is 0 Å². The van der Waals surface area contributed by atoms with Crippen LogP contribution in [0, 0.1) is 0 Å². The summed E-state index contributed by atoms with van der Waals surface area (Å²) in [6.07, 6.45) is 3.57. The Morgan fingerprint density at radius 3 is 2.50 bits per heavy atom. The molecule has 2 heterocycles. The van der Waals surface area contributed by atoms with E-state index in [1.807, 2.05) is 78.9 Å². The molecule has 0 bridgehead atoms. The number of benzene rings is 2. The Morgan fingerprint density at radius 2 is 1.68 bits per heavy atom. The van der Waals surface area contributed by atoms with Crippen LogP contribution in [0.25, 0.3) is 10.6 Å². The highest BCUT2D eigenvalue weighted by molar-refractivity contribution is 7.17. The average Bonchev–Trinajstić information content (AvgIpc) is 3.23. The Kier molecular flexibility index (Phi) is 5.36. The summed E-state index contributed by atoms with van der Waals surface area (Å²) >= 11 is 1.61. The summed E-state index contributed by atoms with van der Waals surface area (Å²) in [5, 5.41) is 2.90. The molecular weight excluding hydrogens is 366 g/mol. The van der Waals surface area contributed by atoms with Crippen LogP contribution in [0.1, 0.15) is 15.2 Å². The Balaban J connectivity index is 1.54. The number of nitrogens with one attached hydrogen (secondary N) is 1. The zero-order valence-corrected chi connectivity index (χ0v) is 15.8. The lowest BCUT2D eigenvalue weighted by Crippen LogP contribution is -2.11. The van der Waals surface area contributed by atoms with Gasteiger partial charge in [0.1, 0.15) is 0 Å². The first-order valence-electron chi connectivity index (χ1n) is 8.80. The van der Waals surface area contributed by atoms with Crippen molar-refractivity contribution in [1.82, 2.24) is 4.98 Å². The van der Waals surface area contributed by atoms with Gasteiger partial charge < -0.3 is 5.32 Å². The van der Waals surface area contributed by atoms with Crippen molar-refractivity contribution in [3.8, 4) is 10.6 Å². The molecule has 4 nitrogen and oxygen atoms in total. The average molecular weight is 383 g/mol. The molecule has 0 fully saturated rings. The number of aromatic nitrogens is 1. The quantitative estimate of drug-likeness (QED) is 0.442. The van der Waals surface area contributed by atoms with Gasteiger partial charge in [-0.05, 0) is 48.5 Å². The van der Waals surface area contributed by atoms with Crippen LogP contribution in [0.15, 0.2) is 96.1 Å². The first-order chi connectivity index (χ1) is 13.8. The number of hydrogen-bond donors (Lipinski definition) is 1. The Bertz CT molecular complexity index is 1100. The largest absolute Gasteiger partial charge is 0.322 e. The molecule has 5 heteroatoms. The van der Waals surface area contributed by atoms with Crippen molar-refractivity contribution in [2.75, 3.05) is 5.32 Å². The number of aliphatic imine (C=N–C) groups is 1. The lowest BCUT2D eigenvalue weighted by atomic mass is 10.1. The van der Waals surface area contributed by atoms with E-state index in [4.69, 9.17) is 0 Å². The monoisotopic (exact) mass is 383 g/mol. The predicted molar refractivity (Wildman–Crippen MR) is 116 cm³/mol. The van der Waals surface area contributed by atoms with Crippen molar-refractivity contribution in [1.29, 1.82) is 0 Å². The molecule has 0 radical (unpaired) electrons. The van der Waals surface area contributed by atoms with Gasteiger partial charge in [0.2, 0.25) is 0 Å². The predicted octanol–water partition coefficient (Wildman–Crippen LogP) is 5.81. The van der Waals surface area contributed by atoms with Crippen LogP contribution in [0.5, 0.6) is 0 Å². The molecule has 0 aliphatic carbocycles. The van der Waals surface area contributed by atoms with Gasteiger partial charge in [-0.25, -0.2) is 0 Å². The molecule has 0 saturated carbocycles. The van der Waals surface area contributed by atoms with Crippen LogP contribution < -0.4 is 5.32 Å². The molecule has 4 aromatic rings. The third-order valence-electron chi connectivity index (χ3n) is 4.06. The zero-order valence-electron chi connectivity index (χ0n) is 14.9. The Labute approximate surface area is 167 Å². The number of pyridine rings is 1. The minimum absolute atomic E-state index is 0.181. The molecule has 28 heavy (non-hydrogen) atoms. The maximum atomic E-state index is 12.6. The highest BCUT2D eigenvalue weighted by Gasteiger charge is 2.10. The summed E-state index contributed by atoms with van der Waals surface area (Å²) in [7, 11) is 0. The standard InChI is InChI=1S/C23H17N3OS/c27-23(26-17-8-2-1-3-9-17)19-10-4-5-11-20(19)25-16-18-13-14-22(28-18)21-12-6-7-15-24-21/h1-16H,(H,26,27). The van der Waals surface area contributed by atoms with Crippen molar-refractivity contribution in [3.63, 3.8) is 0 Å². The van der Waals surface area contributed by atoms with Gasteiger partial charge in [-0.2, -0.15) is 0 Å². The Hall–Kier alpha value is -3.57. The van der Waals surface area contributed by atoms with E-state index in [0.717, 1.165) is 21.1 Å². The SMILES string of the molecule is O=C(Nc1ccccc1)c1ccccc1N=Cc1ccc(-c2ccccn2)s1. The molecule has 0 aliphatic heterocycles. The molecular formula is C23H17N3OS. The summed E-state index contributed by atoms with van der Waals surface area (Å²) in [6.45, 7) is 0. The van der Waals surface area contributed by atoms with Crippen molar-refractivity contribution in [3.05, 3.63) is 102 Å². The summed E-state index contributed by atoms with van der Waals surface area (Å²) in [6, 6.07) is 26.6. The third-order valence-corrected chi connectivity index (χ3v) is 5.10. The smallest absolute Gasteiger partial charge is 0.257 e. The molecule has 1 amide bonds. The molecule has 4 rings (SSSR count). The number of carbonyl (C=O) groups excluding carboxylic acids is 1. The van der Waals surface area contributed by atoms with E-state index in [0.29, 0.717) is 11.3 Å². The van der Waals surface area contributed by atoms with Crippen LogP contribution in [0.3, 0.4) is 0 Å². The van der Waals surface area contributed by atoms with Crippen molar-refractivity contribution in [2.45, 2.75) is 0 Å². The molecule has 0 saturated heterocycles. The molecule has 1 N–H and O–H groups in total. The number of carbonyl (C=O) groups is 1. The van der Waals surface area contributed by atoms with E-state index in [1.54, 1.807) is 29.8 Å². The lowest BCUT2D eigenvalue weighted by molar-refractivity contribution is 0.102. The minimum Gasteiger partial charge on any atom is -0.322 e. The van der Waals surface area contributed by atoms with Crippen molar-refractivity contribution < 1.29 is 4.79 Å². The highest BCUT2D eigenvalue weighted by Crippen LogP contribution is 2.26. The van der Waals surface area contributed by atoms with Gasteiger partial charge in [0.25, 0.3) is 5.91 Å². The number of nitrogens with zero attached hydrogens (tertiary/aromatic N) is 2. The van der Waals surface area contributed by atoms with E-state index < -0.39 is 0 Å². The number of para-hydroxylation sites is 2. The lowest BCUT2D eigenvalue weighted by Gasteiger charge is -2.07. The summed E-state index contributed by atoms with van der Waals surface area (Å²) in [5.41, 5.74) is 2.85. The molecule has 2 aromatic carbocycles. The van der Waals surface area contributed by atoms with E-state index in [2.05, 4.69) is 15.3 Å². The molecule has 0 unspecified atom stereocenters. The van der Waals surface area contributed by atoms with Gasteiger partial charge in [-0.15, -0.1) is 11.3 Å². The van der Waals surface area contributed by atoms with Gasteiger partial charge >= 0.3 is 0 Å². The fourth-order valence-electron chi connectivity index (χ4n) is 2.70. The molecule has 136 valence electrons. The van der Waals surface area contributed by atoms with Crippen LogP contribution in [-0.2, 0) is 0 Å². The molecule has 2 aromatic heterocycles. The van der Waals surface area contributed by atoms with Gasteiger partial charge in [0.05, 0.1) is 21.8 Å². The first kappa shape index (κ1) is 17.8. The molecule has 0 atom stereocenters. The van der Waals surface area contributed by atoms with E-state index in [1.165, 1.54) is 0 Å². The van der Waals surface area contributed by atoms with Crippen LogP contribution in [0.2, 0.25) is 0 Å². The number of amides is 1. The summed E-state index contributed by atoms with van der Waals surface area (Å²) < 4.78 is 0. The van der Waals surface area contributed by atoms with Crippen LogP contribution in [0.4, 0.5) is 11.4 Å². The second-order valence-corrected chi connectivity index (χ2v) is 7.13. The fourth-order valence-corrected chi connectivity index (χ4v) is 3.56. The summed E-state index contributed by atoms with van der Waals surface area (Å²) in [4.78, 5) is 23.6. The first-order valence-corrected chi connectivity index (χ1v) is 9.62. The van der Waals surface area contributed by atoms with Crippen LogP contribution in [-0.4, -0.2) is 17.1 Å². The topological polar surface area (TPSA) is 54.4 Å². The number of thiophene rings is 1. The van der Waals surface area contributed by atoms with Crippen molar-refractivity contribution >= 4 is 34.8 Å². The third kappa shape index (κ3) is 4.22. The Morgan fingerprint density at radius 1 is 0.893 bits per heavy atom. The van der Waals surface area contributed by atoms with E-state index in [9.17, 15) is 4.79 Å². The number of rotatable bonds is 5. The second kappa shape index (κ2) is 8.41. The van der Waals surface area contributed by atoms with E-state index in [-0.39, 0.29) is 5.91 Å². The summed E-state index contributed by atoms with van der Waals surface area (Å²) in [5.74, 6) is -0.181. The molecule has 0 aliphatic rings. The van der Waals surface area contributed by atoms with Crippen LogP contribution >= 0.6 is 11.3 Å². The highest BCUT2D eigenvalue weighted by atomic mass is 32.1.